The summed E-state index contributed by atoms with van der Waals surface area (Å²) >= 11 is 0. The van der Waals surface area contributed by atoms with E-state index < -0.39 is 11.8 Å². The molecular weight excluding hydrogens is 251 g/mol. The second-order valence-electron chi connectivity index (χ2n) is 4.76. The van der Waals surface area contributed by atoms with E-state index in [0.717, 1.165) is 24.6 Å². The molecule has 1 aliphatic carbocycles. The van der Waals surface area contributed by atoms with Crippen molar-refractivity contribution in [1.82, 2.24) is 0 Å². The normalized spacial score (nSPS) is 22.2. The Morgan fingerprint density at radius 2 is 2.11 bits per heavy atom. The van der Waals surface area contributed by atoms with Crippen LogP contribution in [0.25, 0.3) is 0 Å². The number of carbonyl (C=O) groups is 2. The minimum atomic E-state index is -1.17. The number of hydrogen-bond donors (Lipinski definition) is 3. The standard InChI is InChI=1S/C13H15FN2O3/c14-10-4-2-8(13(18)19)6-11(10)16-12(17)7-1-3-9(15)5-7/h2,4,6-7,9H,1,3,5,15H2,(H,16,17)(H,18,19). The van der Waals surface area contributed by atoms with Gasteiger partial charge in [0.15, 0.2) is 0 Å². The van der Waals surface area contributed by atoms with Crippen LogP contribution in [0, 0.1) is 11.7 Å². The molecule has 0 spiro atoms. The fourth-order valence-corrected chi connectivity index (χ4v) is 2.24. The van der Waals surface area contributed by atoms with Crippen LogP contribution in [0.3, 0.4) is 0 Å². The molecule has 19 heavy (non-hydrogen) atoms. The van der Waals surface area contributed by atoms with E-state index >= 15 is 0 Å². The number of carbonyl (C=O) groups excluding carboxylic acids is 1. The van der Waals surface area contributed by atoms with Crippen LogP contribution < -0.4 is 11.1 Å². The zero-order valence-electron chi connectivity index (χ0n) is 10.2. The molecule has 0 aliphatic heterocycles. The van der Waals surface area contributed by atoms with Gasteiger partial charge in [-0.15, -0.1) is 0 Å². The lowest BCUT2D eigenvalue weighted by Crippen LogP contribution is -2.23. The Labute approximate surface area is 109 Å². The first-order valence-electron chi connectivity index (χ1n) is 6.06. The maximum Gasteiger partial charge on any atom is 0.335 e. The monoisotopic (exact) mass is 266 g/mol. The Morgan fingerprint density at radius 3 is 2.68 bits per heavy atom. The summed E-state index contributed by atoms with van der Waals surface area (Å²) in [6, 6.07) is 3.30. The number of nitrogens with one attached hydrogen (secondary N) is 1. The molecule has 1 amide bonds. The van der Waals surface area contributed by atoms with E-state index in [9.17, 15) is 14.0 Å². The minimum absolute atomic E-state index is 0.00551. The van der Waals surface area contributed by atoms with Crippen molar-refractivity contribution in [1.29, 1.82) is 0 Å². The summed E-state index contributed by atoms with van der Waals surface area (Å²) in [6.45, 7) is 0. The zero-order chi connectivity index (χ0) is 14.0. The topological polar surface area (TPSA) is 92.4 Å². The van der Waals surface area contributed by atoms with Gasteiger partial charge in [-0.05, 0) is 37.5 Å². The number of hydrogen-bond acceptors (Lipinski definition) is 3. The lowest BCUT2D eigenvalue weighted by molar-refractivity contribution is -0.119. The van der Waals surface area contributed by atoms with Crippen molar-refractivity contribution in [3.05, 3.63) is 29.6 Å². The molecule has 1 aromatic carbocycles. The van der Waals surface area contributed by atoms with Gasteiger partial charge >= 0.3 is 5.97 Å². The third kappa shape index (κ3) is 3.08. The predicted octanol–water partition coefficient (Wildman–Crippen LogP) is 1.59. The summed E-state index contributed by atoms with van der Waals surface area (Å²) in [5.41, 5.74) is 5.54. The lowest BCUT2D eigenvalue weighted by atomic mass is 10.1. The molecule has 0 radical (unpaired) electrons. The van der Waals surface area contributed by atoms with Gasteiger partial charge in [-0.25, -0.2) is 9.18 Å². The highest BCUT2D eigenvalue weighted by Gasteiger charge is 2.28. The third-order valence-corrected chi connectivity index (χ3v) is 3.32. The number of carboxylic acid groups (broad SMARTS) is 1. The van der Waals surface area contributed by atoms with E-state index in [1.807, 2.05) is 0 Å². The Balaban J connectivity index is 2.12. The molecule has 1 aromatic rings. The molecule has 0 heterocycles. The SMILES string of the molecule is NC1CCC(C(=O)Nc2cc(C(=O)O)ccc2F)C1. The van der Waals surface area contributed by atoms with Crippen LogP contribution in [0.5, 0.6) is 0 Å². The van der Waals surface area contributed by atoms with Gasteiger partial charge < -0.3 is 16.2 Å². The number of amides is 1. The molecule has 0 aromatic heterocycles. The van der Waals surface area contributed by atoms with Gasteiger partial charge in [0, 0.05) is 12.0 Å². The van der Waals surface area contributed by atoms with Crippen LogP contribution in [0.1, 0.15) is 29.6 Å². The molecule has 102 valence electrons. The number of halogens is 1. The average Bonchev–Trinajstić information content (AvgIpc) is 2.78. The second kappa shape index (κ2) is 5.36. The van der Waals surface area contributed by atoms with Crippen LogP contribution in [0.15, 0.2) is 18.2 Å². The second-order valence-corrected chi connectivity index (χ2v) is 4.76. The predicted molar refractivity (Wildman–Crippen MR) is 67.3 cm³/mol. The number of aromatic carboxylic acids is 1. The van der Waals surface area contributed by atoms with Crippen molar-refractivity contribution in [2.24, 2.45) is 11.7 Å². The molecule has 2 rings (SSSR count). The number of benzene rings is 1. The van der Waals surface area contributed by atoms with E-state index in [1.54, 1.807) is 0 Å². The smallest absolute Gasteiger partial charge is 0.335 e. The van der Waals surface area contributed by atoms with Crippen molar-refractivity contribution < 1.29 is 19.1 Å². The molecule has 1 fully saturated rings. The average molecular weight is 266 g/mol. The Kier molecular flexibility index (Phi) is 3.80. The molecular formula is C13H15FN2O3. The molecule has 6 heteroatoms. The Bertz CT molecular complexity index is 519. The van der Waals surface area contributed by atoms with Crippen molar-refractivity contribution >= 4 is 17.6 Å². The molecule has 2 atom stereocenters. The van der Waals surface area contributed by atoms with Crippen molar-refractivity contribution in [2.75, 3.05) is 5.32 Å². The van der Waals surface area contributed by atoms with Crippen LogP contribution in [0.4, 0.5) is 10.1 Å². The molecule has 1 aliphatic rings. The van der Waals surface area contributed by atoms with Gasteiger partial charge in [0.2, 0.25) is 5.91 Å². The van der Waals surface area contributed by atoms with E-state index in [0.29, 0.717) is 12.8 Å². The van der Waals surface area contributed by atoms with Crippen LogP contribution in [-0.2, 0) is 4.79 Å². The largest absolute Gasteiger partial charge is 0.478 e. The Hall–Kier alpha value is -1.95. The minimum Gasteiger partial charge on any atom is -0.478 e. The maximum atomic E-state index is 13.5. The molecule has 0 saturated heterocycles. The van der Waals surface area contributed by atoms with Gasteiger partial charge in [-0.1, -0.05) is 0 Å². The van der Waals surface area contributed by atoms with Gasteiger partial charge in [0.1, 0.15) is 5.82 Å². The maximum absolute atomic E-state index is 13.5. The summed E-state index contributed by atoms with van der Waals surface area (Å²) in [4.78, 5) is 22.7. The highest BCUT2D eigenvalue weighted by Crippen LogP contribution is 2.26. The van der Waals surface area contributed by atoms with E-state index in [4.69, 9.17) is 10.8 Å². The fourth-order valence-electron chi connectivity index (χ4n) is 2.24. The van der Waals surface area contributed by atoms with Crippen molar-refractivity contribution in [3.8, 4) is 0 Å². The summed E-state index contributed by atoms with van der Waals surface area (Å²) in [6.07, 6.45) is 2.02. The quantitative estimate of drug-likeness (QED) is 0.774. The number of nitrogens with two attached hydrogens (primary N) is 1. The van der Waals surface area contributed by atoms with E-state index in [2.05, 4.69) is 5.32 Å². The first-order chi connectivity index (χ1) is 8.97. The van der Waals surface area contributed by atoms with E-state index in [-0.39, 0.29) is 29.1 Å². The van der Waals surface area contributed by atoms with Crippen LogP contribution >= 0.6 is 0 Å². The lowest BCUT2D eigenvalue weighted by Gasteiger charge is -2.11. The summed E-state index contributed by atoms with van der Waals surface area (Å²) < 4.78 is 13.5. The molecule has 2 unspecified atom stereocenters. The molecule has 4 N–H and O–H groups in total. The van der Waals surface area contributed by atoms with Crippen molar-refractivity contribution in [2.45, 2.75) is 25.3 Å². The van der Waals surface area contributed by atoms with Gasteiger partial charge in [-0.3, -0.25) is 4.79 Å². The highest BCUT2D eigenvalue weighted by molar-refractivity contribution is 5.95. The van der Waals surface area contributed by atoms with Crippen LogP contribution in [0.2, 0.25) is 0 Å². The van der Waals surface area contributed by atoms with Crippen molar-refractivity contribution in [3.63, 3.8) is 0 Å². The van der Waals surface area contributed by atoms with Gasteiger partial charge in [0.25, 0.3) is 0 Å². The first kappa shape index (κ1) is 13.5. The Morgan fingerprint density at radius 1 is 1.37 bits per heavy atom. The number of carboxylic acids is 1. The molecule has 5 nitrogen and oxygen atoms in total. The zero-order valence-corrected chi connectivity index (χ0v) is 10.2. The van der Waals surface area contributed by atoms with Crippen LogP contribution in [-0.4, -0.2) is 23.0 Å². The first-order valence-corrected chi connectivity index (χ1v) is 6.06. The van der Waals surface area contributed by atoms with E-state index in [1.165, 1.54) is 0 Å². The third-order valence-electron chi connectivity index (χ3n) is 3.32. The van der Waals surface area contributed by atoms with Gasteiger partial charge in [0.05, 0.1) is 11.3 Å². The summed E-state index contributed by atoms with van der Waals surface area (Å²) in [5.74, 6) is -2.36. The molecule has 1 saturated carbocycles. The van der Waals surface area contributed by atoms with Gasteiger partial charge in [-0.2, -0.15) is 0 Å². The number of anilines is 1. The molecule has 0 bridgehead atoms. The summed E-state index contributed by atoms with van der Waals surface area (Å²) in [7, 11) is 0. The number of rotatable bonds is 3. The summed E-state index contributed by atoms with van der Waals surface area (Å²) in [5, 5.41) is 11.3. The highest BCUT2D eigenvalue weighted by atomic mass is 19.1. The fraction of sp³-hybridized carbons (Fsp3) is 0.385.